The fourth-order valence-corrected chi connectivity index (χ4v) is 3.60. The van der Waals surface area contributed by atoms with E-state index in [1.54, 1.807) is 0 Å². The van der Waals surface area contributed by atoms with Gasteiger partial charge in [-0.25, -0.2) is 4.79 Å². The summed E-state index contributed by atoms with van der Waals surface area (Å²) in [6.45, 7) is 2.11. The summed E-state index contributed by atoms with van der Waals surface area (Å²) in [5.41, 5.74) is 3.15. The van der Waals surface area contributed by atoms with E-state index in [0.29, 0.717) is 12.0 Å². The fourth-order valence-electron chi connectivity index (χ4n) is 3.60. The number of aromatic amines is 2. The number of benzene rings is 2. The van der Waals surface area contributed by atoms with Crippen molar-refractivity contribution >= 4 is 0 Å². The average molecular weight is 362 g/mol. The van der Waals surface area contributed by atoms with Gasteiger partial charge in [-0.1, -0.05) is 67.6 Å². The Kier molecular flexibility index (Phi) is 6.42. The van der Waals surface area contributed by atoms with Gasteiger partial charge in [0, 0.05) is 17.7 Å². The predicted octanol–water partition coefficient (Wildman–Crippen LogP) is 4.17. The molecule has 3 rings (SSSR count). The normalized spacial score (nSPS) is 12.0. The van der Waals surface area contributed by atoms with E-state index in [1.807, 2.05) is 36.4 Å². The smallest absolute Gasteiger partial charge is 0.311 e. The highest BCUT2D eigenvalue weighted by atomic mass is 16.2. The maximum absolute atomic E-state index is 12.5. The van der Waals surface area contributed by atoms with Gasteiger partial charge in [-0.05, 0) is 42.7 Å². The van der Waals surface area contributed by atoms with E-state index >= 15 is 0 Å². The van der Waals surface area contributed by atoms with Crippen molar-refractivity contribution in [3.8, 4) is 0 Å². The molecule has 4 heteroatoms. The summed E-state index contributed by atoms with van der Waals surface area (Å²) in [6, 6.07) is 20.3. The molecule has 0 aliphatic rings. The second-order valence-electron chi connectivity index (χ2n) is 6.95. The van der Waals surface area contributed by atoms with Gasteiger partial charge in [0.1, 0.15) is 0 Å². The minimum absolute atomic E-state index is 0.169. The Morgan fingerprint density at radius 2 is 1.48 bits per heavy atom. The number of H-pyrrole nitrogens is 2. The van der Waals surface area contributed by atoms with Crippen molar-refractivity contribution in [2.24, 2.45) is 0 Å². The summed E-state index contributed by atoms with van der Waals surface area (Å²) in [5.74, 6) is 0.169. The summed E-state index contributed by atoms with van der Waals surface area (Å²) >= 11 is 0. The van der Waals surface area contributed by atoms with Crippen LogP contribution in [0.1, 0.15) is 54.5 Å². The third-order valence-electron chi connectivity index (χ3n) is 5.06. The first-order valence-electron chi connectivity index (χ1n) is 9.60. The summed E-state index contributed by atoms with van der Waals surface area (Å²) in [7, 11) is 0. The van der Waals surface area contributed by atoms with Crippen molar-refractivity contribution in [2.45, 2.75) is 44.9 Å². The number of aromatic nitrogens is 2. The van der Waals surface area contributed by atoms with Crippen LogP contribution in [-0.4, -0.2) is 9.97 Å². The van der Waals surface area contributed by atoms with Crippen molar-refractivity contribution in [2.75, 3.05) is 0 Å². The van der Waals surface area contributed by atoms with Gasteiger partial charge >= 0.3 is 5.69 Å². The van der Waals surface area contributed by atoms with E-state index in [-0.39, 0.29) is 11.5 Å². The first-order valence-corrected chi connectivity index (χ1v) is 9.60. The van der Waals surface area contributed by atoms with Crippen molar-refractivity contribution in [3.63, 3.8) is 0 Å². The van der Waals surface area contributed by atoms with Crippen LogP contribution in [0.5, 0.6) is 0 Å². The molecule has 1 unspecified atom stereocenters. The molecule has 0 spiro atoms. The fraction of sp³-hybridized carbons (Fsp3) is 0.304. The summed E-state index contributed by atoms with van der Waals surface area (Å²) in [4.78, 5) is 29.7. The molecule has 27 heavy (non-hydrogen) atoms. The lowest BCUT2D eigenvalue weighted by Crippen LogP contribution is -2.29. The zero-order chi connectivity index (χ0) is 19.1. The lowest BCUT2D eigenvalue weighted by Gasteiger charge is -2.18. The van der Waals surface area contributed by atoms with Crippen LogP contribution in [0.25, 0.3) is 0 Å². The molecule has 4 nitrogen and oxygen atoms in total. The van der Waals surface area contributed by atoms with Crippen molar-refractivity contribution in [1.82, 2.24) is 9.97 Å². The number of aryl methyl sites for hydroxylation is 1. The minimum Gasteiger partial charge on any atom is -0.311 e. The molecule has 0 fully saturated rings. The largest absolute Gasteiger partial charge is 0.325 e. The third-order valence-corrected chi connectivity index (χ3v) is 5.06. The number of hydrogen-bond donors (Lipinski definition) is 2. The van der Waals surface area contributed by atoms with Crippen LogP contribution in [0.3, 0.4) is 0 Å². The molecular formula is C23H26N2O2. The molecule has 0 radical (unpaired) electrons. The third kappa shape index (κ3) is 5.07. The van der Waals surface area contributed by atoms with Gasteiger partial charge in [0.05, 0.1) is 0 Å². The second-order valence-corrected chi connectivity index (χ2v) is 6.95. The van der Waals surface area contributed by atoms with Crippen molar-refractivity contribution in [1.29, 1.82) is 0 Å². The van der Waals surface area contributed by atoms with Crippen molar-refractivity contribution < 1.29 is 0 Å². The van der Waals surface area contributed by atoms with Gasteiger partial charge in [-0.3, -0.25) is 9.78 Å². The van der Waals surface area contributed by atoms with E-state index < -0.39 is 5.69 Å². The molecule has 0 aliphatic carbocycles. The Morgan fingerprint density at radius 3 is 2.11 bits per heavy atom. The Morgan fingerprint density at radius 1 is 0.852 bits per heavy atom. The van der Waals surface area contributed by atoms with Gasteiger partial charge in [0.2, 0.25) is 0 Å². The van der Waals surface area contributed by atoms with Gasteiger partial charge in [0.15, 0.2) is 0 Å². The molecule has 140 valence electrons. The van der Waals surface area contributed by atoms with Crippen LogP contribution < -0.4 is 11.2 Å². The van der Waals surface area contributed by atoms with E-state index in [9.17, 15) is 9.59 Å². The molecular weight excluding hydrogens is 336 g/mol. The van der Waals surface area contributed by atoms with Crippen LogP contribution >= 0.6 is 0 Å². The standard InChI is InChI=1S/C23H26N2O2/c1-2-19(15-9-14-17-10-5-3-6-11-17)21-20(22(26)25-23(27)24-21)16-18-12-7-4-8-13-18/h3-8,10-13,19H,2,9,14-16H2,1H3,(H2,24,25,26,27). The van der Waals surface area contributed by atoms with Gasteiger partial charge < -0.3 is 4.98 Å². The van der Waals surface area contributed by atoms with Gasteiger partial charge in [-0.2, -0.15) is 0 Å². The zero-order valence-corrected chi connectivity index (χ0v) is 15.7. The lowest BCUT2D eigenvalue weighted by atomic mass is 9.90. The molecule has 2 N–H and O–H groups in total. The molecule has 1 heterocycles. The quantitative estimate of drug-likeness (QED) is 0.631. The molecule has 1 atom stereocenters. The van der Waals surface area contributed by atoms with Gasteiger partial charge in [0.25, 0.3) is 5.56 Å². The molecule has 0 saturated heterocycles. The Balaban J connectivity index is 1.81. The first-order chi connectivity index (χ1) is 13.2. The zero-order valence-electron chi connectivity index (χ0n) is 15.7. The summed E-state index contributed by atoms with van der Waals surface area (Å²) < 4.78 is 0. The highest BCUT2D eigenvalue weighted by molar-refractivity contribution is 5.29. The number of rotatable bonds is 8. The van der Waals surface area contributed by atoms with Crippen LogP contribution in [-0.2, 0) is 12.8 Å². The summed E-state index contributed by atoms with van der Waals surface area (Å²) in [5, 5.41) is 0. The topological polar surface area (TPSA) is 65.7 Å². The maximum Gasteiger partial charge on any atom is 0.325 e. The Hall–Kier alpha value is -2.88. The van der Waals surface area contributed by atoms with E-state index in [0.717, 1.165) is 36.9 Å². The molecule has 0 amide bonds. The van der Waals surface area contributed by atoms with Crippen LogP contribution in [0.2, 0.25) is 0 Å². The monoisotopic (exact) mass is 362 g/mol. The van der Waals surface area contributed by atoms with Crippen LogP contribution in [0, 0.1) is 0 Å². The van der Waals surface area contributed by atoms with Crippen molar-refractivity contribution in [3.05, 3.63) is 104 Å². The highest BCUT2D eigenvalue weighted by Gasteiger charge is 2.18. The van der Waals surface area contributed by atoms with E-state index in [1.165, 1.54) is 5.56 Å². The van der Waals surface area contributed by atoms with Crippen LogP contribution in [0.4, 0.5) is 0 Å². The molecule has 0 bridgehead atoms. The minimum atomic E-state index is -0.423. The number of nitrogens with one attached hydrogen (secondary N) is 2. The molecule has 0 saturated carbocycles. The average Bonchev–Trinajstić information content (AvgIpc) is 2.69. The second kappa shape index (κ2) is 9.17. The predicted molar refractivity (Wildman–Crippen MR) is 109 cm³/mol. The van der Waals surface area contributed by atoms with Crippen LogP contribution in [0.15, 0.2) is 70.3 Å². The van der Waals surface area contributed by atoms with E-state index in [4.69, 9.17) is 0 Å². The Labute approximate surface area is 159 Å². The Bertz CT molecular complexity index is 959. The molecule has 1 aromatic heterocycles. The molecule has 2 aromatic carbocycles. The summed E-state index contributed by atoms with van der Waals surface area (Å²) in [6.07, 6.45) is 4.36. The van der Waals surface area contributed by atoms with E-state index in [2.05, 4.69) is 41.2 Å². The van der Waals surface area contributed by atoms with Gasteiger partial charge in [-0.15, -0.1) is 0 Å². The molecule has 3 aromatic rings. The maximum atomic E-state index is 12.5. The lowest BCUT2D eigenvalue weighted by molar-refractivity contribution is 0.554. The number of hydrogen-bond acceptors (Lipinski definition) is 2. The molecule has 0 aliphatic heterocycles. The highest BCUT2D eigenvalue weighted by Crippen LogP contribution is 2.26. The SMILES string of the molecule is CCC(CCCc1ccccc1)c1[nH]c(=O)[nH]c(=O)c1Cc1ccccc1. The first kappa shape index (κ1) is 18.9.